The minimum absolute atomic E-state index is 0.0363. The number of carbonyl (C=O) groups excluding carboxylic acids is 1. The van der Waals surface area contributed by atoms with E-state index >= 15 is 0 Å². The van der Waals surface area contributed by atoms with Gasteiger partial charge in [0.15, 0.2) is 10.9 Å². The van der Waals surface area contributed by atoms with Crippen LogP contribution in [0.4, 0.5) is 10.8 Å². The average Bonchev–Trinajstić information content (AvgIpc) is 3.26. The van der Waals surface area contributed by atoms with E-state index in [0.29, 0.717) is 35.9 Å². The predicted molar refractivity (Wildman–Crippen MR) is 129 cm³/mol. The first-order chi connectivity index (χ1) is 15.6. The Labute approximate surface area is 192 Å². The molecule has 0 amide bonds. The molecule has 0 aliphatic carbocycles. The van der Waals surface area contributed by atoms with Crippen molar-refractivity contribution in [2.24, 2.45) is 4.99 Å². The second-order valence-electron chi connectivity index (χ2n) is 7.93. The van der Waals surface area contributed by atoms with Gasteiger partial charge in [0.2, 0.25) is 0 Å². The molecular formula is C24H27N5O2S. The normalized spacial score (nSPS) is 13.2. The Hall–Kier alpha value is -2.94. The van der Waals surface area contributed by atoms with Crippen molar-refractivity contribution in [3.63, 3.8) is 0 Å². The number of ether oxygens (including phenoxy) is 1. The van der Waals surface area contributed by atoms with E-state index < -0.39 is 0 Å². The van der Waals surface area contributed by atoms with Crippen LogP contribution in [0, 0.1) is 0 Å². The first-order valence-electron chi connectivity index (χ1n) is 10.6. The van der Waals surface area contributed by atoms with Gasteiger partial charge in [-0.05, 0) is 38.7 Å². The van der Waals surface area contributed by atoms with Crippen LogP contribution in [-0.4, -0.2) is 60.2 Å². The zero-order chi connectivity index (χ0) is 22.3. The Morgan fingerprint density at radius 3 is 2.81 bits per heavy atom. The molecule has 8 heteroatoms. The third-order valence-corrected chi connectivity index (χ3v) is 5.84. The minimum atomic E-state index is 0.0363. The molecule has 3 heterocycles. The zero-order valence-corrected chi connectivity index (χ0v) is 19.2. The maximum atomic E-state index is 12.7. The highest BCUT2D eigenvalue weighted by atomic mass is 32.1. The van der Waals surface area contributed by atoms with Crippen LogP contribution >= 0.6 is 11.3 Å². The summed E-state index contributed by atoms with van der Waals surface area (Å²) in [5.74, 6) is 0.0363. The number of ketones is 1. The molecule has 4 rings (SSSR count). The van der Waals surface area contributed by atoms with E-state index in [0.717, 1.165) is 35.9 Å². The molecule has 0 bridgehead atoms. The number of nitrogens with one attached hydrogen (secondary N) is 1. The van der Waals surface area contributed by atoms with Crippen molar-refractivity contribution >= 4 is 33.7 Å². The van der Waals surface area contributed by atoms with Gasteiger partial charge in [-0.2, -0.15) is 0 Å². The fourth-order valence-electron chi connectivity index (χ4n) is 3.46. The van der Waals surface area contributed by atoms with Crippen molar-refractivity contribution in [2.45, 2.75) is 19.4 Å². The van der Waals surface area contributed by atoms with Gasteiger partial charge in [0.25, 0.3) is 0 Å². The smallest absolute Gasteiger partial charge is 0.183 e. The average molecular weight is 450 g/mol. The molecule has 7 nitrogen and oxygen atoms in total. The lowest BCUT2D eigenvalue weighted by Crippen LogP contribution is -2.18. The fraction of sp³-hybridized carbons (Fsp3) is 0.333. The van der Waals surface area contributed by atoms with Crippen LogP contribution in [0.15, 0.2) is 53.0 Å². The standard InChI is InChI=1S/C24H27N5O2S/c1-29(2)12-6-10-26-24-28-20(16-32-24)23-22-19(9-11-25-23)21(30)13-18(27-22)15-31-14-17-7-4-3-5-8-17/h3-5,7-9,11,16H,6,10,12-15H2,1-2H3,(H,26,28). The molecule has 1 N–H and O–H groups in total. The number of carbonyl (C=O) groups is 1. The molecule has 1 aliphatic heterocycles. The summed E-state index contributed by atoms with van der Waals surface area (Å²) in [5, 5.41) is 6.16. The SMILES string of the molecule is CN(C)CCCNc1nc(-c2nccc3c2N=C(COCc2ccccc2)CC3=O)cs1. The van der Waals surface area contributed by atoms with Crippen LogP contribution in [0.5, 0.6) is 0 Å². The zero-order valence-electron chi connectivity index (χ0n) is 18.4. The molecule has 1 aromatic carbocycles. The third kappa shape index (κ3) is 5.64. The lowest BCUT2D eigenvalue weighted by atomic mass is 9.99. The van der Waals surface area contributed by atoms with E-state index in [2.05, 4.69) is 34.3 Å². The fourth-order valence-corrected chi connectivity index (χ4v) is 4.18. The topological polar surface area (TPSA) is 79.7 Å². The van der Waals surface area contributed by atoms with Crippen LogP contribution in [0.3, 0.4) is 0 Å². The molecule has 32 heavy (non-hydrogen) atoms. The molecule has 0 atom stereocenters. The van der Waals surface area contributed by atoms with Gasteiger partial charge in [0.1, 0.15) is 17.1 Å². The molecule has 0 radical (unpaired) electrons. The predicted octanol–water partition coefficient (Wildman–Crippen LogP) is 4.44. The molecule has 0 spiro atoms. The summed E-state index contributed by atoms with van der Waals surface area (Å²) in [6.45, 7) is 2.66. The molecule has 3 aromatic rings. The monoisotopic (exact) mass is 449 g/mol. The van der Waals surface area contributed by atoms with Gasteiger partial charge in [-0.25, -0.2) is 4.98 Å². The van der Waals surface area contributed by atoms with Crippen molar-refractivity contribution < 1.29 is 9.53 Å². The second-order valence-corrected chi connectivity index (χ2v) is 8.79. The molecule has 166 valence electrons. The Morgan fingerprint density at radius 2 is 2.00 bits per heavy atom. The van der Waals surface area contributed by atoms with Gasteiger partial charge in [-0.3, -0.25) is 14.8 Å². The van der Waals surface area contributed by atoms with Gasteiger partial charge in [0, 0.05) is 23.7 Å². The van der Waals surface area contributed by atoms with Crippen molar-refractivity contribution in [1.82, 2.24) is 14.9 Å². The van der Waals surface area contributed by atoms with E-state index in [1.807, 2.05) is 35.7 Å². The molecule has 0 unspecified atom stereocenters. The van der Waals surface area contributed by atoms with Crippen LogP contribution in [0.2, 0.25) is 0 Å². The molecular weight excluding hydrogens is 422 g/mol. The maximum absolute atomic E-state index is 12.7. The summed E-state index contributed by atoms with van der Waals surface area (Å²) >= 11 is 1.53. The van der Waals surface area contributed by atoms with Crippen molar-refractivity contribution in [3.05, 3.63) is 59.1 Å². The molecule has 0 saturated heterocycles. The maximum Gasteiger partial charge on any atom is 0.183 e. The van der Waals surface area contributed by atoms with Crippen LogP contribution < -0.4 is 5.32 Å². The van der Waals surface area contributed by atoms with Crippen LogP contribution in [-0.2, 0) is 11.3 Å². The first-order valence-corrected chi connectivity index (χ1v) is 11.5. The number of rotatable bonds is 10. The largest absolute Gasteiger partial charge is 0.371 e. The highest BCUT2D eigenvalue weighted by molar-refractivity contribution is 7.14. The number of hydrogen-bond acceptors (Lipinski definition) is 8. The van der Waals surface area contributed by atoms with E-state index in [1.54, 1.807) is 12.3 Å². The van der Waals surface area contributed by atoms with E-state index in [4.69, 9.17) is 9.73 Å². The molecule has 2 aromatic heterocycles. The van der Waals surface area contributed by atoms with E-state index in [9.17, 15) is 4.79 Å². The number of benzene rings is 1. The summed E-state index contributed by atoms with van der Waals surface area (Å²) in [7, 11) is 4.13. The Morgan fingerprint density at radius 1 is 1.16 bits per heavy atom. The van der Waals surface area contributed by atoms with Gasteiger partial charge >= 0.3 is 0 Å². The quantitative estimate of drug-likeness (QED) is 0.461. The molecule has 0 fully saturated rings. The van der Waals surface area contributed by atoms with Gasteiger partial charge in [0.05, 0.1) is 25.3 Å². The summed E-state index contributed by atoms with van der Waals surface area (Å²) < 4.78 is 5.81. The number of anilines is 1. The van der Waals surface area contributed by atoms with Gasteiger partial charge in [-0.1, -0.05) is 30.3 Å². The van der Waals surface area contributed by atoms with Gasteiger partial charge < -0.3 is 15.0 Å². The summed E-state index contributed by atoms with van der Waals surface area (Å²) in [6.07, 6.45) is 2.95. The number of pyridine rings is 1. The third-order valence-electron chi connectivity index (χ3n) is 5.04. The number of hydrogen-bond donors (Lipinski definition) is 1. The van der Waals surface area contributed by atoms with Crippen molar-refractivity contribution in [2.75, 3.05) is 39.1 Å². The molecule has 0 saturated carbocycles. The second kappa shape index (κ2) is 10.6. The number of aromatic nitrogens is 2. The highest BCUT2D eigenvalue weighted by Crippen LogP contribution is 2.36. The van der Waals surface area contributed by atoms with Crippen LogP contribution in [0.1, 0.15) is 28.8 Å². The number of fused-ring (bicyclic) bond motifs is 1. The van der Waals surface area contributed by atoms with E-state index in [-0.39, 0.29) is 12.2 Å². The van der Waals surface area contributed by atoms with E-state index in [1.165, 1.54) is 11.3 Å². The summed E-state index contributed by atoms with van der Waals surface area (Å²) in [5.41, 5.74) is 4.34. The van der Waals surface area contributed by atoms with Crippen LogP contribution in [0.25, 0.3) is 11.4 Å². The lowest BCUT2D eigenvalue weighted by Gasteiger charge is -2.16. The summed E-state index contributed by atoms with van der Waals surface area (Å²) in [4.78, 5) is 28.8. The summed E-state index contributed by atoms with van der Waals surface area (Å²) in [6, 6.07) is 11.7. The minimum Gasteiger partial charge on any atom is -0.371 e. The number of thiazole rings is 1. The Bertz CT molecular complexity index is 1090. The number of nitrogens with zero attached hydrogens (tertiary/aromatic N) is 4. The van der Waals surface area contributed by atoms with Crippen molar-refractivity contribution in [3.8, 4) is 11.4 Å². The van der Waals surface area contributed by atoms with Crippen molar-refractivity contribution in [1.29, 1.82) is 0 Å². The highest BCUT2D eigenvalue weighted by Gasteiger charge is 2.24. The lowest BCUT2D eigenvalue weighted by molar-refractivity contribution is 0.0993. The molecule has 1 aliphatic rings. The number of Topliss-reactive ketones (excluding diaryl/α,β-unsaturated/α-hetero) is 1. The number of aliphatic imine (C=N–C) groups is 1. The first kappa shape index (κ1) is 22.3. The Kier molecular flexibility index (Phi) is 7.36. The van der Waals surface area contributed by atoms with Gasteiger partial charge in [-0.15, -0.1) is 11.3 Å². The Balaban J connectivity index is 1.47.